The molecule has 1 aliphatic rings. The molecule has 2 heterocycles. The Morgan fingerprint density at radius 2 is 2.08 bits per heavy atom. The van der Waals surface area contributed by atoms with Gasteiger partial charge in [0, 0.05) is 43.1 Å². The molecular weight excluding hydrogens is 340 g/mol. The van der Waals surface area contributed by atoms with Crippen molar-refractivity contribution in [1.82, 2.24) is 25.3 Å². The molecule has 0 aliphatic heterocycles. The molecule has 1 saturated carbocycles. The lowest BCUT2D eigenvalue weighted by molar-refractivity contribution is -0.0399. The van der Waals surface area contributed by atoms with Crippen LogP contribution in [-0.4, -0.2) is 37.8 Å². The van der Waals surface area contributed by atoms with E-state index in [0.717, 1.165) is 16.6 Å². The summed E-state index contributed by atoms with van der Waals surface area (Å²) in [5.74, 6) is -2.95. The number of aromatic nitrogens is 4. The lowest BCUT2D eigenvalue weighted by atomic mass is 9.92. The van der Waals surface area contributed by atoms with Crippen LogP contribution in [0.3, 0.4) is 0 Å². The molecule has 0 unspecified atom stereocenters. The number of carbonyl (C=O) groups excluding carboxylic acids is 1. The first-order valence-corrected chi connectivity index (χ1v) is 8.57. The number of halogens is 2. The fourth-order valence-corrected chi connectivity index (χ4v) is 3.38. The van der Waals surface area contributed by atoms with Gasteiger partial charge in [0.2, 0.25) is 5.92 Å². The maximum atomic E-state index is 13.3. The minimum absolute atomic E-state index is 0.190. The summed E-state index contributed by atoms with van der Waals surface area (Å²) in [5, 5.41) is 14.7. The number of hydrogen-bond acceptors (Lipinski definition) is 3. The molecule has 0 spiro atoms. The number of H-pyrrole nitrogens is 1. The Bertz CT molecular complexity index is 952. The Morgan fingerprint density at radius 3 is 2.77 bits per heavy atom. The molecule has 0 saturated heterocycles. The van der Waals surface area contributed by atoms with E-state index in [1.165, 1.54) is 0 Å². The van der Waals surface area contributed by atoms with Crippen LogP contribution in [-0.2, 0) is 7.05 Å². The second-order valence-corrected chi connectivity index (χ2v) is 6.84. The number of alkyl halides is 2. The van der Waals surface area contributed by atoms with Crippen LogP contribution in [0.5, 0.6) is 0 Å². The predicted molar refractivity (Wildman–Crippen MR) is 93.0 cm³/mol. The largest absolute Gasteiger partial charge is 0.348 e. The number of amides is 1. The van der Waals surface area contributed by atoms with Crippen molar-refractivity contribution < 1.29 is 13.6 Å². The Labute approximate surface area is 148 Å². The molecule has 0 radical (unpaired) electrons. The summed E-state index contributed by atoms with van der Waals surface area (Å²) in [6, 6.07) is 5.44. The van der Waals surface area contributed by atoms with Crippen molar-refractivity contribution >= 4 is 16.8 Å². The van der Waals surface area contributed by atoms with Crippen LogP contribution in [0.25, 0.3) is 22.0 Å². The van der Waals surface area contributed by atoms with Crippen molar-refractivity contribution in [3.63, 3.8) is 0 Å². The van der Waals surface area contributed by atoms with Gasteiger partial charge >= 0.3 is 0 Å². The average Bonchev–Trinajstić information content (AvgIpc) is 3.22. The number of nitrogens with one attached hydrogen (secondary N) is 2. The fraction of sp³-hybridized carbons (Fsp3) is 0.389. The Balaban J connectivity index is 1.57. The molecule has 26 heavy (non-hydrogen) atoms. The molecule has 2 N–H and O–H groups in total. The number of hydrogen-bond donors (Lipinski definition) is 2. The lowest BCUT2D eigenvalue weighted by Gasteiger charge is -2.28. The minimum atomic E-state index is -2.61. The zero-order valence-corrected chi connectivity index (χ0v) is 14.3. The topological polar surface area (TPSA) is 75.6 Å². The molecule has 1 amide bonds. The molecule has 6 nitrogen and oxygen atoms in total. The number of benzene rings is 1. The maximum Gasteiger partial charge on any atom is 0.272 e. The van der Waals surface area contributed by atoms with Crippen LogP contribution in [0.15, 0.2) is 30.6 Å². The van der Waals surface area contributed by atoms with E-state index in [0.29, 0.717) is 5.39 Å². The standard InChI is InChI=1S/C18H19F2N5O/c1-25-10-12(9-21-25)11-2-3-15-14(8-11)16(24-23-15)17(26)22-13-4-6-18(19,20)7-5-13/h2-3,8-10,13H,4-7H2,1H3,(H,22,26)(H,23,24). The third kappa shape index (κ3) is 3.18. The van der Waals surface area contributed by atoms with Crippen LogP contribution in [0.4, 0.5) is 8.78 Å². The van der Waals surface area contributed by atoms with Crippen LogP contribution in [0.1, 0.15) is 36.2 Å². The van der Waals surface area contributed by atoms with Crippen molar-refractivity contribution in [1.29, 1.82) is 0 Å². The molecule has 4 rings (SSSR count). The second-order valence-electron chi connectivity index (χ2n) is 6.84. The Morgan fingerprint density at radius 1 is 1.31 bits per heavy atom. The van der Waals surface area contributed by atoms with E-state index < -0.39 is 5.92 Å². The molecule has 1 fully saturated rings. The summed E-state index contributed by atoms with van der Waals surface area (Å²) in [5.41, 5.74) is 2.90. The van der Waals surface area contributed by atoms with Gasteiger partial charge in [0.15, 0.2) is 5.69 Å². The molecule has 0 bridgehead atoms. The van der Waals surface area contributed by atoms with Gasteiger partial charge in [0.05, 0.1) is 11.7 Å². The van der Waals surface area contributed by atoms with E-state index in [9.17, 15) is 13.6 Å². The van der Waals surface area contributed by atoms with E-state index in [1.807, 2.05) is 31.4 Å². The van der Waals surface area contributed by atoms with Gasteiger partial charge in [-0.3, -0.25) is 14.6 Å². The zero-order valence-electron chi connectivity index (χ0n) is 14.3. The number of aryl methyl sites for hydroxylation is 1. The summed E-state index contributed by atoms with van der Waals surface area (Å²) in [6.07, 6.45) is 3.82. The molecule has 1 aliphatic carbocycles. The highest BCUT2D eigenvalue weighted by molar-refractivity contribution is 6.05. The van der Waals surface area contributed by atoms with Gasteiger partial charge in [-0.25, -0.2) is 8.78 Å². The van der Waals surface area contributed by atoms with E-state index in [-0.39, 0.29) is 43.3 Å². The summed E-state index contributed by atoms with van der Waals surface area (Å²) in [6.45, 7) is 0. The quantitative estimate of drug-likeness (QED) is 0.754. The molecule has 3 aromatic rings. The highest BCUT2D eigenvalue weighted by Gasteiger charge is 2.35. The van der Waals surface area contributed by atoms with Crippen molar-refractivity contribution in [2.24, 2.45) is 7.05 Å². The first kappa shape index (κ1) is 16.7. The van der Waals surface area contributed by atoms with Crippen LogP contribution < -0.4 is 5.32 Å². The number of fused-ring (bicyclic) bond motifs is 1. The first-order valence-electron chi connectivity index (χ1n) is 8.57. The van der Waals surface area contributed by atoms with Gasteiger partial charge in [-0.15, -0.1) is 0 Å². The van der Waals surface area contributed by atoms with Crippen molar-refractivity contribution in [2.75, 3.05) is 0 Å². The van der Waals surface area contributed by atoms with E-state index >= 15 is 0 Å². The lowest BCUT2D eigenvalue weighted by Crippen LogP contribution is -2.40. The van der Waals surface area contributed by atoms with E-state index in [2.05, 4.69) is 20.6 Å². The van der Waals surface area contributed by atoms with E-state index in [1.54, 1.807) is 10.9 Å². The summed E-state index contributed by atoms with van der Waals surface area (Å²) in [4.78, 5) is 12.6. The highest BCUT2D eigenvalue weighted by Crippen LogP contribution is 2.33. The maximum absolute atomic E-state index is 13.3. The molecular formula is C18H19F2N5O. The van der Waals surface area contributed by atoms with Gasteiger partial charge in [-0.1, -0.05) is 6.07 Å². The number of aromatic amines is 1. The van der Waals surface area contributed by atoms with Crippen molar-refractivity contribution in [2.45, 2.75) is 37.6 Å². The third-order valence-corrected chi connectivity index (χ3v) is 4.87. The second kappa shape index (κ2) is 6.19. The Hall–Kier alpha value is -2.77. The molecule has 1 aromatic carbocycles. The normalized spacial score (nSPS) is 17.5. The highest BCUT2D eigenvalue weighted by atomic mass is 19.3. The number of rotatable bonds is 3. The molecule has 2 aromatic heterocycles. The smallest absolute Gasteiger partial charge is 0.272 e. The molecule has 0 atom stereocenters. The van der Waals surface area contributed by atoms with Gasteiger partial charge in [-0.2, -0.15) is 10.2 Å². The molecule has 136 valence electrons. The van der Waals surface area contributed by atoms with Crippen LogP contribution in [0, 0.1) is 0 Å². The predicted octanol–water partition coefficient (Wildman–Crippen LogP) is 3.27. The van der Waals surface area contributed by atoms with E-state index in [4.69, 9.17) is 0 Å². The van der Waals surface area contributed by atoms with Crippen LogP contribution >= 0.6 is 0 Å². The Kier molecular flexibility index (Phi) is 3.97. The van der Waals surface area contributed by atoms with Gasteiger partial charge in [0.1, 0.15) is 0 Å². The monoisotopic (exact) mass is 359 g/mol. The number of carbonyl (C=O) groups is 1. The van der Waals surface area contributed by atoms with Crippen LogP contribution in [0.2, 0.25) is 0 Å². The first-order chi connectivity index (χ1) is 12.4. The fourth-order valence-electron chi connectivity index (χ4n) is 3.38. The zero-order chi connectivity index (χ0) is 18.3. The SMILES string of the molecule is Cn1cc(-c2ccc3[nH]nc(C(=O)NC4CCC(F)(F)CC4)c3c2)cn1. The van der Waals surface area contributed by atoms with Gasteiger partial charge in [0.25, 0.3) is 5.91 Å². The van der Waals surface area contributed by atoms with Gasteiger partial charge < -0.3 is 5.32 Å². The van der Waals surface area contributed by atoms with Gasteiger partial charge in [-0.05, 0) is 30.5 Å². The average molecular weight is 359 g/mol. The summed E-state index contributed by atoms with van der Waals surface area (Å²) in [7, 11) is 1.84. The number of nitrogens with zero attached hydrogens (tertiary/aromatic N) is 3. The molecule has 8 heteroatoms. The summed E-state index contributed by atoms with van der Waals surface area (Å²) >= 11 is 0. The summed E-state index contributed by atoms with van der Waals surface area (Å²) < 4.78 is 28.2. The minimum Gasteiger partial charge on any atom is -0.348 e. The van der Waals surface area contributed by atoms with Crippen molar-refractivity contribution in [3.05, 3.63) is 36.3 Å². The third-order valence-electron chi connectivity index (χ3n) is 4.87. The van der Waals surface area contributed by atoms with Crippen molar-refractivity contribution in [3.8, 4) is 11.1 Å².